The topological polar surface area (TPSA) is 57.0 Å². The lowest BCUT2D eigenvalue weighted by Gasteiger charge is -2.13. The van der Waals surface area contributed by atoms with Crippen molar-refractivity contribution in [1.29, 1.82) is 0 Å². The summed E-state index contributed by atoms with van der Waals surface area (Å²) in [6, 6.07) is 16.9. The Kier molecular flexibility index (Phi) is 5.57. The van der Waals surface area contributed by atoms with Crippen LogP contribution in [-0.2, 0) is 0 Å². The summed E-state index contributed by atoms with van der Waals surface area (Å²) in [6.07, 6.45) is 1.68. The molecule has 0 N–H and O–H groups in total. The van der Waals surface area contributed by atoms with Crippen molar-refractivity contribution >= 4 is 22.7 Å². The lowest BCUT2D eigenvalue weighted by molar-refractivity contribution is 0.343. The summed E-state index contributed by atoms with van der Waals surface area (Å²) in [7, 11) is 0. The van der Waals surface area contributed by atoms with E-state index in [1.165, 1.54) is 28.5 Å². The molecule has 0 saturated carbocycles. The average molecular weight is 407 g/mol. The fraction of sp³-hybridized carbons (Fsp3) is 0.136. The maximum Gasteiger partial charge on any atom is 0.267 e. The van der Waals surface area contributed by atoms with Crippen molar-refractivity contribution in [2.24, 2.45) is 0 Å². The number of pyridine rings is 1. The van der Waals surface area contributed by atoms with Gasteiger partial charge in [-0.05, 0) is 61.0 Å². The van der Waals surface area contributed by atoms with E-state index < -0.39 is 0 Å². The lowest BCUT2D eigenvalue weighted by atomic mass is 10.2. The van der Waals surface area contributed by atoms with E-state index >= 15 is 0 Å². The number of fused-ring (bicyclic) bond motifs is 1. The molecule has 0 aliphatic carbocycles. The van der Waals surface area contributed by atoms with Crippen molar-refractivity contribution in [3.8, 4) is 11.6 Å². The summed E-state index contributed by atoms with van der Waals surface area (Å²) in [5.74, 6) is 1.39. The summed E-state index contributed by atoms with van der Waals surface area (Å²) in [6.45, 7) is 2.34. The number of aryl methyl sites for hydroxylation is 1. The van der Waals surface area contributed by atoms with Gasteiger partial charge in [0.2, 0.25) is 0 Å². The molecule has 0 spiro atoms. The number of rotatable bonds is 6. The van der Waals surface area contributed by atoms with E-state index in [9.17, 15) is 9.18 Å². The highest BCUT2D eigenvalue weighted by atomic mass is 32.2. The predicted molar refractivity (Wildman–Crippen MR) is 112 cm³/mol. The molecule has 0 bridgehead atoms. The molecule has 0 fully saturated rings. The van der Waals surface area contributed by atoms with Crippen LogP contribution in [-0.4, -0.2) is 26.9 Å². The minimum Gasteiger partial charge on any atom is -0.493 e. The van der Waals surface area contributed by atoms with Crippen LogP contribution in [0.25, 0.3) is 16.7 Å². The van der Waals surface area contributed by atoms with Crippen molar-refractivity contribution in [2.45, 2.75) is 12.1 Å². The Morgan fingerprint density at radius 1 is 1.10 bits per heavy atom. The summed E-state index contributed by atoms with van der Waals surface area (Å²) in [4.78, 5) is 22.2. The maximum atomic E-state index is 13.1. The predicted octanol–water partition coefficient (Wildman–Crippen LogP) is 4.40. The van der Waals surface area contributed by atoms with Crippen molar-refractivity contribution in [1.82, 2.24) is 14.5 Å². The van der Waals surface area contributed by atoms with Crippen LogP contribution in [0.2, 0.25) is 0 Å². The Hall–Kier alpha value is -3.19. The lowest BCUT2D eigenvalue weighted by Crippen LogP contribution is -2.23. The molecule has 29 heavy (non-hydrogen) atoms. The first-order chi connectivity index (χ1) is 14.1. The highest BCUT2D eigenvalue weighted by Gasteiger charge is 2.14. The smallest absolute Gasteiger partial charge is 0.267 e. The highest BCUT2D eigenvalue weighted by molar-refractivity contribution is 7.99. The molecule has 0 radical (unpaired) electrons. The number of benzene rings is 2. The number of para-hydroxylation sites is 1. The van der Waals surface area contributed by atoms with Gasteiger partial charge in [0.1, 0.15) is 17.4 Å². The van der Waals surface area contributed by atoms with Crippen LogP contribution in [0.1, 0.15) is 5.56 Å². The van der Waals surface area contributed by atoms with Crippen LogP contribution >= 0.6 is 11.8 Å². The number of halogens is 1. The molecule has 4 rings (SSSR count). The van der Waals surface area contributed by atoms with Gasteiger partial charge in [-0.1, -0.05) is 23.9 Å². The molecule has 0 atom stereocenters. The summed E-state index contributed by atoms with van der Waals surface area (Å²) in [5, 5.41) is 1.09. The fourth-order valence-electron chi connectivity index (χ4n) is 2.88. The van der Waals surface area contributed by atoms with E-state index in [2.05, 4.69) is 9.97 Å². The second-order valence-electron chi connectivity index (χ2n) is 6.39. The van der Waals surface area contributed by atoms with E-state index in [1.807, 2.05) is 37.3 Å². The molecule has 7 heteroatoms. The Bertz CT molecular complexity index is 1210. The van der Waals surface area contributed by atoms with Gasteiger partial charge < -0.3 is 4.74 Å². The van der Waals surface area contributed by atoms with Crippen LogP contribution in [0, 0.1) is 12.7 Å². The monoisotopic (exact) mass is 407 g/mol. The molecule has 0 saturated heterocycles. The maximum absolute atomic E-state index is 13.1. The molecule has 2 heterocycles. The quantitative estimate of drug-likeness (QED) is 0.269. The standard InChI is InChI=1S/C22H18FN3O2S/c1-15-10-11-24-20(14-15)26-21(27)18-4-2-3-5-19(18)25-22(26)29-13-12-28-17-8-6-16(23)7-9-17/h2-11,14H,12-13H2,1H3. The molecule has 4 aromatic rings. The molecule has 5 nitrogen and oxygen atoms in total. The normalized spacial score (nSPS) is 11.0. The van der Waals surface area contributed by atoms with Crippen molar-refractivity contribution in [3.63, 3.8) is 0 Å². The molecule has 0 aliphatic rings. The summed E-state index contributed by atoms with van der Waals surface area (Å²) in [5.41, 5.74) is 1.49. The van der Waals surface area contributed by atoms with Gasteiger partial charge in [-0.25, -0.2) is 18.9 Å². The van der Waals surface area contributed by atoms with Gasteiger partial charge in [-0.3, -0.25) is 4.79 Å². The van der Waals surface area contributed by atoms with E-state index in [4.69, 9.17) is 4.74 Å². The SMILES string of the molecule is Cc1ccnc(-n2c(SCCOc3ccc(F)cc3)nc3ccccc3c2=O)c1. The molecule has 0 aliphatic heterocycles. The van der Waals surface area contributed by atoms with Crippen LogP contribution < -0.4 is 10.3 Å². The summed E-state index contributed by atoms with van der Waals surface area (Å²) >= 11 is 1.41. The van der Waals surface area contributed by atoms with Crippen molar-refractivity contribution in [3.05, 3.63) is 88.6 Å². The Morgan fingerprint density at radius 2 is 1.90 bits per heavy atom. The van der Waals surface area contributed by atoms with Gasteiger partial charge in [0.15, 0.2) is 5.16 Å². The first-order valence-corrected chi connectivity index (χ1v) is 10.1. The number of hydrogen-bond donors (Lipinski definition) is 0. The molecular formula is C22H18FN3O2S. The van der Waals surface area contributed by atoms with Crippen LogP contribution in [0.5, 0.6) is 5.75 Å². The molecule has 146 valence electrons. The van der Waals surface area contributed by atoms with Crippen LogP contribution in [0.15, 0.2) is 76.8 Å². The minimum atomic E-state index is -0.304. The third kappa shape index (κ3) is 4.30. The number of aromatic nitrogens is 3. The second-order valence-corrected chi connectivity index (χ2v) is 7.46. The zero-order chi connectivity index (χ0) is 20.2. The van der Waals surface area contributed by atoms with Gasteiger partial charge in [0.05, 0.1) is 17.5 Å². The molecule has 0 unspecified atom stereocenters. The van der Waals surface area contributed by atoms with E-state index in [0.29, 0.717) is 40.0 Å². The van der Waals surface area contributed by atoms with Gasteiger partial charge >= 0.3 is 0 Å². The fourth-order valence-corrected chi connectivity index (χ4v) is 3.69. The number of hydrogen-bond acceptors (Lipinski definition) is 5. The largest absolute Gasteiger partial charge is 0.493 e. The minimum absolute atomic E-state index is 0.157. The third-order valence-corrected chi connectivity index (χ3v) is 5.17. The van der Waals surface area contributed by atoms with Crippen molar-refractivity contribution < 1.29 is 9.13 Å². The molecule has 2 aromatic heterocycles. The number of ether oxygens (including phenoxy) is 1. The number of thioether (sulfide) groups is 1. The summed E-state index contributed by atoms with van der Waals surface area (Å²) < 4.78 is 20.2. The van der Waals surface area contributed by atoms with Gasteiger partial charge in [0.25, 0.3) is 5.56 Å². The van der Waals surface area contributed by atoms with Gasteiger partial charge in [-0.15, -0.1) is 0 Å². The van der Waals surface area contributed by atoms with Crippen molar-refractivity contribution in [2.75, 3.05) is 12.4 Å². The van der Waals surface area contributed by atoms with Gasteiger partial charge in [-0.2, -0.15) is 0 Å². The zero-order valence-electron chi connectivity index (χ0n) is 15.7. The van der Waals surface area contributed by atoms with Crippen LogP contribution in [0.3, 0.4) is 0 Å². The second kappa shape index (κ2) is 8.45. The van der Waals surface area contributed by atoms with E-state index in [0.717, 1.165) is 5.56 Å². The van der Waals surface area contributed by atoms with Gasteiger partial charge in [0, 0.05) is 11.9 Å². The highest BCUT2D eigenvalue weighted by Crippen LogP contribution is 2.21. The molecule has 2 aromatic carbocycles. The number of nitrogens with zero attached hydrogens (tertiary/aromatic N) is 3. The van der Waals surface area contributed by atoms with E-state index in [-0.39, 0.29) is 11.4 Å². The van der Waals surface area contributed by atoms with E-state index in [1.54, 1.807) is 24.4 Å². The Balaban J connectivity index is 1.62. The molecular weight excluding hydrogens is 389 g/mol. The van der Waals surface area contributed by atoms with Crippen LogP contribution in [0.4, 0.5) is 4.39 Å². The average Bonchev–Trinajstić information content (AvgIpc) is 2.73. The first-order valence-electron chi connectivity index (χ1n) is 9.08. The third-order valence-electron chi connectivity index (χ3n) is 4.27. The molecule has 0 amide bonds. The Labute approximate surface area is 171 Å². The zero-order valence-corrected chi connectivity index (χ0v) is 16.5. The Morgan fingerprint density at radius 3 is 2.69 bits per heavy atom. The first kappa shape index (κ1) is 19.1.